The summed E-state index contributed by atoms with van der Waals surface area (Å²) in [6.45, 7) is 3.93. The molecule has 1 aliphatic heterocycles. The molecule has 0 radical (unpaired) electrons. The summed E-state index contributed by atoms with van der Waals surface area (Å²) < 4.78 is 0. The predicted molar refractivity (Wildman–Crippen MR) is 42.7 cm³/mol. The average molecular weight is 153 g/mol. The van der Waals surface area contributed by atoms with Crippen LogP contribution in [0.3, 0.4) is 0 Å². The molecule has 0 spiro atoms. The second-order valence-corrected chi connectivity index (χ2v) is 2.40. The first kappa shape index (κ1) is 7.98. The van der Waals surface area contributed by atoms with Crippen molar-refractivity contribution in [1.29, 1.82) is 0 Å². The van der Waals surface area contributed by atoms with E-state index in [1.165, 1.54) is 0 Å². The zero-order valence-corrected chi connectivity index (χ0v) is 6.72. The van der Waals surface area contributed by atoms with Crippen molar-refractivity contribution in [3.63, 3.8) is 0 Å². The maximum atomic E-state index is 10.4. The minimum Gasteiger partial charge on any atom is -0.477 e. The topological polar surface area (TPSA) is 49.7 Å². The van der Waals surface area contributed by atoms with Crippen LogP contribution in [0.25, 0.3) is 0 Å². The highest BCUT2D eigenvalue weighted by atomic mass is 16.4. The highest BCUT2D eigenvalue weighted by Gasteiger charge is 2.23. The molecule has 1 N–H and O–H groups in total. The first-order valence-corrected chi connectivity index (χ1v) is 3.75. The molecule has 0 saturated heterocycles. The van der Waals surface area contributed by atoms with Crippen LogP contribution in [-0.4, -0.2) is 16.8 Å². The Kier molecular flexibility index (Phi) is 2.08. The van der Waals surface area contributed by atoms with Crippen molar-refractivity contribution in [1.82, 2.24) is 0 Å². The number of hydrogen-bond donors (Lipinski definition) is 1. The van der Waals surface area contributed by atoms with Gasteiger partial charge >= 0.3 is 5.97 Å². The number of rotatable bonds is 3. The van der Waals surface area contributed by atoms with Gasteiger partial charge in [0.25, 0.3) is 0 Å². The van der Waals surface area contributed by atoms with Gasteiger partial charge in [-0.05, 0) is 12.8 Å². The third-order valence-corrected chi connectivity index (χ3v) is 1.77. The van der Waals surface area contributed by atoms with Gasteiger partial charge in [-0.15, -0.1) is 0 Å². The Hall–Kier alpha value is -1.12. The Morgan fingerprint density at radius 2 is 2.09 bits per heavy atom. The third-order valence-electron chi connectivity index (χ3n) is 1.77. The van der Waals surface area contributed by atoms with Gasteiger partial charge in [0.2, 0.25) is 0 Å². The fourth-order valence-corrected chi connectivity index (χ4v) is 1.19. The van der Waals surface area contributed by atoms with Gasteiger partial charge in [0, 0.05) is 11.3 Å². The van der Waals surface area contributed by atoms with Crippen molar-refractivity contribution in [2.24, 2.45) is 4.99 Å². The van der Waals surface area contributed by atoms with E-state index in [1.807, 2.05) is 13.8 Å². The van der Waals surface area contributed by atoms with E-state index in [0.29, 0.717) is 0 Å². The van der Waals surface area contributed by atoms with Gasteiger partial charge in [0.15, 0.2) is 5.70 Å². The molecule has 0 fully saturated rings. The van der Waals surface area contributed by atoms with Gasteiger partial charge in [-0.3, -0.25) is 0 Å². The largest absolute Gasteiger partial charge is 0.477 e. The standard InChI is InChI=1S/C8H11NO2/c1-3-5-6(4-2)9-7(5)8(10)11/h3-4H2,1-2H3,(H,10,11). The van der Waals surface area contributed by atoms with E-state index < -0.39 is 5.97 Å². The summed E-state index contributed by atoms with van der Waals surface area (Å²) in [7, 11) is 0. The number of aliphatic imine (C=N–C) groups is 1. The van der Waals surface area contributed by atoms with Gasteiger partial charge in [-0.2, -0.15) is 0 Å². The molecule has 0 aromatic heterocycles. The number of nitrogens with zero attached hydrogens (tertiary/aromatic N) is 1. The second kappa shape index (κ2) is 2.86. The van der Waals surface area contributed by atoms with Crippen LogP contribution < -0.4 is 0 Å². The molecule has 0 aromatic carbocycles. The number of aliphatic carboxylic acids is 1. The summed E-state index contributed by atoms with van der Waals surface area (Å²) in [6.07, 6.45) is 1.61. The number of carboxylic acids is 1. The zero-order chi connectivity index (χ0) is 8.43. The zero-order valence-electron chi connectivity index (χ0n) is 6.72. The number of hydrogen-bond acceptors (Lipinski definition) is 2. The van der Waals surface area contributed by atoms with E-state index in [2.05, 4.69) is 4.99 Å². The van der Waals surface area contributed by atoms with Crippen LogP contribution in [0.5, 0.6) is 0 Å². The lowest BCUT2D eigenvalue weighted by Gasteiger charge is -2.17. The molecule has 0 unspecified atom stereocenters. The van der Waals surface area contributed by atoms with Gasteiger partial charge < -0.3 is 5.11 Å². The summed E-state index contributed by atoms with van der Waals surface area (Å²) in [5.74, 6) is -0.904. The van der Waals surface area contributed by atoms with Gasteiger partial charge in [-0.25, -0.2) is 9.79 Å². The van der Waals surface area contributed by atoms with Crippen molar-refractivity contribution in [2.45, 2.75) is 26.7 Å². The molecule has 11 heavy (non-hydrogen) atoms. The molecule has 60 valence electrons. The van der Waals surface area contributed by atoms with Gasteiger partial charge in [-0.1, -0.05) is 13.8 Å². The highest BCUT2D eigenvalue weighted by Crippen LogP contribution is 2.24. The molecule has 3 heteroatoms. The molecule has 1 heterocycles. The van der Waals surface area contributed by atoms with Crippen molar-refractivity contribution in [2.75, 3.05) is 0 Å². The molecular formula is C8H11NO2. The Morgan fingerprint density at radius 3 is 2.45 bits per heavy atom. The lowest BCUT2D eigenvalue weighted by Crippen LogP contribution is -2.18. The van der Waals surface area contributed by atoms with Crippen LogP contribution >= 0.6 is 0 Å². The SMILES string of the molecule is CCC1=NC(C(=O)O)=C1CC. The van der Waals surface area contributed by atoms with E-state index in [4.69, 9.17) is 5.11 Å². The monoisotopic (exact) mass is 153 g/mol. The molecule has 0 atom stereocenters. The lowest BCUT2D eigenvalue weighted by molar-refractivity contribution is -0.132. The van der Waals surface area contributed by atoms with Crippen LogP contribution in [0.4, 0.5) is 0 Å². The fourth-order valence-electron chi connectivity index (χ4n) is 1.19. The van der Waals surface area contributed by atoms with Crippen LogP contribution in [0, 0.1) is 0 Å². The van der Waals surface area contributed by atoms with E-state index in [1.54, 1.807) is 0 Å². The van der Waals surface area contributed by atoms with Crippen LogP contribution in [0.1, 0.15) is 26.7 Å². The highest BCUT2D eigenvalue weighted by molar-refractivity contribution is 6.13. The lowest BCUT2D eigenvalue weighted by atomic mass is 9.98. The Balaban J connectivity index is 2.77. The fraction of sp³-hybridized carbons (Fsp3) is 0.500. The minimum atomic E-state index is -0.904. The quantitative estimate of drug-likeness (QED) is 0.669. The first-order chi connectivity index (χ1) is 5.20. The normalized spacial score (nSPS) is 16.0. The van der Waals surface area contributed by atoms with Crippen LogP contribution in [0.2, 0.25) is 0 Å². The van der Waals surface area contributed by atoms with E-state index >= 15 is 0 Å². The van der Waals surface area contributed by atoms with Crippen LogP contribution in [-0.2, 0) is 4.79 Å². The maximum Gasteiger partial charge on any atom is 0.354 e. The molecular weight excluding hydrogens is 142 g/mol. The summed E-state index contributed by atoms with van der Waals surface area (Å²) in [5, 5.41) is 8.58. The van der Waals surface area contributed by atoms with Gasteiger partial charge in [0.05, 0.1) is 0 Å². The van der Waals surface area contributed by atoms with Crippen molar-refractivity contribution in [3.8, 4) is 0 Å². The smallest absolute Gasteiger partial charge is 0.354 e. The first-order valence-electron chi connectivity index (χ1n) is 3.75. The average Bonchev–Trinajstić information content (AvgIpc) is 1.86. The number of allylic oxidation sites excluding steroid dienone is 1. The maximum absolute atomic E-state index is 10.4. The Morgan fingerprint density at radius 1 is 1.45 bits per heavy atom. The van der Waals surface area contributed by atoms with Crippen molar-refractivity contribution >= 4 is 11.7 Å². The molecule has 0 aromatic rings. The van der Waals surface area contributed by atoms with Crippen LogP contribution in [0.15, 0.2) is 16.3 Å². The molecule has 0 amide bonds. The molecule has 0 aliphatic carbocycles. The number of carboxylic acid groups (broad SMARTS) is 1. The van der Waals surface area contributed by atoms with E-state index in [-0.39, 0.29) is 5.70 Å². The molecule has 0 saturated carbocycles. The van der Waals surface area contributed by atoms with Gasteiger partial charge in [0.1, 0.15) is 0 Å². The molecule has 0 bridgehead atoms. The predicted octanol–water partition coefficient (Wildman–Crippen LogP) is 1.60. The summed E-state index contributed by atoms with van der Waals surface area (Å²) >= 11 is 0. The third kappa shape index (κ3) is 1.18. The Bertz CT molecular complexity index is 251. The van der Waals surface area contributed by atoms with E-state index in [9.17, 15) is 4.79 Å². The minimum absolute atomic E-state index is 0.254. The van der Waals surface area contributed by atoms with Crippen molar-refractivity contribution < 1.29 is 9.90 Å². The summed E-state index contributed by atoms with van der Waals surface area (Å²) in [4.78, 5) is 14.3. The molecule has 1 rings (SSSR count). The van der Waals surface area contributed by atoms with Crippen molar-refractivity contribution in [3.05, 3.63) is 11.3 Å². The summed E-state index contributed by atoms with van der Waals surface area (Å²) in [6, 6.07) is 0. The Labute approximate surface area is 65.4 Å². The molecule has 3 nitrogen and oxygen atoms in total. The number of carbonyl (C=O) groups is 1. The molecule has 1 aliphatic rings. The van der Waals surface area contributed by atoms with E-state index in [0.717, 1.165) is 24.1 Å². The summed E-state index contributed by atoms with van der Waals surface area (Å²) in [5.41, 5.74) is 2.12. The second-order valence-electron chi connectivity index (χ2n) is 2.40.